The van der Waals surface area contributed by atoms with Gasteiger partial charge >= 0.3 is 11.8 Å². The summed E-state index contributed by atoms with van der Waals surface area (Å²) in [6.07, 6.45) is 2.19. The third-order valence-electron chi connectivity index (χ3n) is 3.89. The van der Waals surface area contributed by atoms with E-state index >= 15 is 0 Å². The van der Waals surface area contributed by atoms with E-state index in [1.807, 2.05) is 6.92 Å². The Morgan fingerprint density at radius 3 is 2.56 bits per heavy atom. The van der Waals surface area contributed by atoms with Crippen LogP contribution in [-0.4, -0.2) is 54.3 Å². The fourth-order valence-electron chi connectivity index (χ4n) is 2.28. The predicted molar refractivity (Wildman–Crippen MR) is 59.5 cm³/mol. The second-order valence-electron chi connectivity index (χ2n) is 4.97. The van der Waals surface area contributed by atoms with Gasteiger partial charge in [-0.1, -0.05) is 0 Å². The summed E-state index contributed by atoms with van der Waals surface area (Å²) in [6.45, 7) is 3.59. The minimum absolute atomic E-state index is 0.0520. The van der Waals surface area contributed by atoms with Crippen LogP contribution in [0.2, 0.25) is 0 Å². The summed E-state index contributed by atoms with van der Waals surface area (Å²) in [5.74, 6) is -0.823. The summed E-state index contributed by atoms with van der Waals surface area (Å²) in [5, 5.41) is 0. The molecular weight excluding hydrogens is 206 g/mol. The van der Waals surface area contributed by atoms with Crippen LogP contribution in [0.1, 0.15) is 19.8 Å². The summed E-state index contributed by atoms with van der Waals surface area (Å²) >= 11 is 0. The number of rotatable bonds is 1. The molecule has 1 spiro atoms. The summed E-state index contributed by atoms with van der Waals surface area (Å²) in [4.78, 5) is 26.6. The van der Waals surface area contributed by atoms with Gasteiger partial charge in [0.2, 0.25) is 0 Å². The molecule has 0 aromatic heterocycles. The summed E-state index contributed by atoms with van der Waals surface area (Å²) in [5.41, 5.74) is 6.13. The Morgan fingerprint density at radius 2 is 2.12 bits per heavy atom. The van der Waals surface area contributed by atoms with Crippen molar-refractivity contribution in [3.05, 3.63) is 0 Å². The van der Waals surface area contributed by atoms with Crippen molar-refractivity contribution < 1.29 is 9.59 Å². The molecule has 1 heterocycles. The van der Waals surface area contributed by atoms with Crippen LogP contribution in [0, 0.1) is 5.41 Å². The Bertz CT molecular complexity index is 325. The highest BCUT2D eigenvalue weighted by Gasteiger charge is 2.55. The van der Waals surface area contributed by atoms with Gasteiger partial charge in [-0.05, 0) is 19.8 Å². The molecule has 0 radical (unpaired) electrons. The van der Waals surface area contributed by atoms with Gasteiger partial charge in [-0.15, -0.1) is 0 Å². The number of nitrogens with two attached hydrogens (primary N) is 1. The molecule has 0 aromatic rings. The number of amides is 2. The SMILES string of the molecule is CCN(C)C(=O)C(=O)N1CC(N)C2(CC2)C1. The van der Waals surface area contributed by atoms with Crippen LogP contribution >= 0.6 is 0 Å². The standard InChI is InChI=1S/C11H19N3O2/c1-3-13(2)9(15)10(16)14-6-8(12)11(7-14)4-5-11/h8H,3-7,12H2,1-2H3. The van der Waals surface area contributed by atoms with Gasteiger partial charge in [0, 0.05) is 38.1 Å². The van der Waals surface area contributed by atoms with Crippen molar-refractivity contribution in [2.75, 3.05) is 26.7 Å². The average molecular weight is 225 g/mol. The molecule has 2 rings (SSSR count). The second kappa shape index (κ2) is 3.73. The molecule has 2 amide bonds. The van der Waals surface area contributed by atoms with E-state index in [4.69, 9.17) is 5.73 Å². The molecule has 2 aliphatic rings. The predicted octanol–water partition coefficient (Wildman–Crippen LogP) is -0.586. The first-order chi connectivity index (χ1) is 7.50. The van der Waals surface area contributed by atoms with Gasteiger partial charge in [-0.3, -0.25) is 9.59 Å². The lowest BCUT2D eigenvalue weighted by molar-refractivity contribution is -0.150. The van der Waals surface area contributed by atoms with E-state index in [1.54, 1.807) is 11.9 Å². The van der Waals surface area contributed by atoms with Crippen LogP contribution in [0.4, 0.5) is 0 Å². The van der Waals surface area contributed by atoms with Gasteiger partial charge in [-0.25, -0.2) is 0 Å². The Balaban J connectivity index is 1.99. The highest BCUT2D eigenvalue weighted by Crippen LogP contribution is 2.51. The van der Waals surface area contributed by atoms with E-state index < -0.39 is 11.8 Å². The molecule has 1 unspecified atom stereocenters. The van der Waals surface area contributed by atoms with Crippen LogP contribution in [0.15, 0.2) is 0 Å². The second-order valence-corrected chi connectivity index (χ2v) is 4.97. The fraction of sp³-hybridized carbons (Fsp3) is 0.818. The lowest BCUT2D eigenvalue weighted by Crippen LogP contribution is -2.43. The number of hydrogen-bond donors (Lipinski definition) is 1. The molecule has 90 valence electrons. The molecule has 1 aliphatic carbocycles. The molecule has 1 saturated heterocycles. The molecule has 0 bridgehead atoms. The fourth-order valence-corrected chi connectivity index (χ4v) is 2.28. The summed E-state index contributed by atoms with van der Waals surface area (Å²) in [7, 11) is 1.64. The number of carbonyl (C=O) groups is 2. The third-order valence-corrected chi connectivity index (χ3v) is 3.89. The minimum Gasteiger partial charge on any atom is -0.338 e. The van der Waals surface area contributed by atoms with Crippen molar-refractivity contribution in [1.29, 1.82) is 0 Å². The zero-order chi connectivity index (χ0) is 11.9. The normalized spacial score (nSPS) is 25.9. The maximum Gasteiger partial charge on any atom is 0.312 e. The molecule has 0 aromatic carbocycles. The van der Waals surface area contributed by atoms with E-state index in [-0.39, 0.29) is 11.5 Å². The summed E-state index contributed by atoms with van der Waals surface area (Å²) in [6, 6.07) is 0.0520. The maximum absolute atomic E-state index is 11.9. The van der Waals surface area contributed by atoms with Gasteiger partial charge in [0.25, 0.3) is 0 Å². The minimum atomic E-state index is -0.424. The topological polar surface area (TPSA) is 66.6 Å². The van der Waals surface area contributed by atoms with Gasteiger partial charge in [0.05, 0.1) is 0 Å². The van der Waals surface area contributed by atoms with E-state index in [0.717, 1.165) is 12.8 Å². The molecule has 2 fully saturated rings. The van der Waals surface area contributed by atoms with Gasteiger partial charge < -0.3 is 15.5 Å². The van der Waals surface area contributed by atoms with Gasteiger partial charge in [0.15, 0.2) is 0 Å². The van der Waals surface area contributed by atoms with E-state index in [9.17, 15) is 9.59 Å². The molecule has 16 heavy (non-hydrogen) atoms. The smallest absolute Gasteiger partial charge is 0.312 e. The summed E-state index contributed by atoms with van der Waals surface area (Å²) < 4.78 is 0. The number of likely N-dealkylation sites (tertiary alicyclic amines) is 1. The highest BCUT2D eigenvalue weighted by atomic mass is 16.2. The molecule has 1 aliphatic heterocycles. The number of hydrogen-bond acceptors (Lipinski definition) is 3. The van der Waals surface area contributed by atoms with Crippen molar-refractivity contribution in [3.63, 3.8) is 0 Å². The van der Waals surface area contributed by atoms with Crippen LogP contribution in [0.3, 0.4) is 0 Å². The lowest BCUT2D eigenvalue weighted by atomic mass is 10.0. The molecule has 2 N–H and O–H groups in total. The highest BCUT2D eigenvalue weighted by molar-refractivity contribution is 6.34. The quantitative estimate of drug-likeness (QED) is 0.607. The first-order valence-electron chi connectivity index (χ1n) is 5.80. The molecule has 5 nitrogen and oxygen atoms in total. The molecule has 1 atom stereocenters. The molecular formula is C11H19N3O2. The Hall–Kier alpha value is -1.10. The monoisotopic (exact) mass is 225 g/mol. The lowest BCUT2D eigenvalue weighted by Gasteiger charge is -2.19. The Morgan fingerprint density at radius 1 is 1.50 bits per heavy atom. The molecule has 1 saturated carbocycles. The van der Waals surface area contributed by atoms with Gasteiger partial charge in [0.1, 0.15) is 0 Å². The molecule has 5 heteroatoms. The van der Waals surface area contributed by atoms with Crippen molar-refractivity contribution in [2.24, 2.45) is 11.1 Å². The first kappa shape index (κ1) is 11.4. The first-order valence-corrected chi connectivity index (χ1v) is 5.80. The van der Waals surface area contributed by atoms with Crippen LogP contribution < -0.4 is 5.73 Å². The van der Waals surface area contributed by atoms with Crippen LogP contribution in [0.5, 0.6) is 0 Å². The van der Waals surface area contributed by atoms with Crippen LogP contribution in [-0.2, 0) is 9.59 Å². The van der Waals surface area contributed by atoms with Crippen molar-refractivity contribution in [3.8, 4) is 0 Å². The number of carbonyl (C=O) groups excluding carboxylic acids is 2. The van der Waals surface area contributed by atoms with E-state index in [1.165, 1.54) is 4.90 Å². The van der Waals surface area contributed by atoms with Crippen LogP contribution in [0.25, 0.3) is 0 Å². The average Bonchev–Trinajstić information content (AvgIpc) is 2.98. The van der Waals surface area contributed by atoms with Crippen molar-refractivity contribution in [2.45, 2.75) is 25.8 Å². The van der Waals surface area contributed by atoms with Crippen molar-refractivity contribution in [1.82, 2.24) is 9.80 Å². The Kier molecular flexibility index (Phi) is 2.66. The zero-order valence-corrected chi connectivity index (χ0v) is 9.90. The number of nitrogens with zero attached hydrogens (tertiary/aromatic N) is 2. The third kappa shape index (κ3) is 1.69. The van der Waals surface area contributed by atoms with Crippen molar-refractivity contribution >= 4 is 11.8 Å². The largest absolute Gasteiger partial charge is 0.338 e. The number of likely N-dealkylation sites (N-methyl/N-ethyl adjacent to an activating group) is 1. The van der Waals surface area contributed by atoms with E-state index in [0.29, 0.717) is 19.6 Å². The zero-order valence-electron chi connectivity index (χ0n) is 9.90. The Labute approximate surface area is 95.6 Å². The maximum atomic E-state index is 11.9. The van der Waals surface area contributed by atoms with Gasteiger partial charge in [-0.2, -0.15) is 0 Å². The van der Waals surface area contributed by atoms with E-state index in [2.05, 4.69) is 0 Å².